The van der Waals surface area contributed by atoms with Gasteiger partial charge >= 0.3 is 11.8 Å². The first-order chi connectivity index (χ1) is 12.7. The Bertz CT molecular complexity index is 832. The summed E-state index contributed by atoms with van der Waals surface area (Å²) in [5, 5.41) is 3.69. The van der Waals surface area contributed by atoms with Crippen LogP contribution in [0.1, 0.15) is 37.7 Å². The minimum Gasteiger partial charge on any atom is -0.351 e. The van der Waals surface area contributed by atoms with Crippen molar-refractivity contribution in [1.29, 1.82) is 0 Å². The van der Waals surface area contributed by atoms with Crippen molar-refractivity contribution in [3.05, 3.63) is 36.0 Å². The Kier molecular flexibility index (Phi) is 5.21. The monoisotopic (exact) mass is 370 g/mol. The molecule has 0 atom stereocenters. The Morgan fingerprint density at radius 1 is 1.00 bits per heavy atom. The topological polar surface area (TPSA) is 85.5 Å². The van der Waals surface area contributed by atoms with Crippen molar-refractivity contribution in [2.75, 3.05) is 26.2 Å². The second kappa shape index (κ2) is 7.42. The van der Waals surface area contributed by atoms with Crippen LogP contribution in [-0.4, -0.2) is 64.2 Å². The zero-order chi connectivity index (χ0) is 19.6. The second-order valence-corrected chi connectivity index (χ2v) is 7.91. The van der Waals surface area contributed by atoms with E-state index in [1.165, 1.54) is 4.90 Å². The van der Waals surface area contributed by atoms with Gasteiger partial charge in [0.05, 0.1) is 0 Å². The molecule has 1 fully saturated rings. The van der Waals surface area contributed by atoms with E-state index in [2.05, 4.69) is 10.3 Å². The first-order valence-electron chi connectivity index (χ1n) is 9.23. The molecule has 1 aromatic carbocycles. The lowest BCUT2D eigenvalue weighted by molar-refractivity contribution is -0.146. The average Bonchev–Trinajstić information content (AvgIpc) is 2.89. The van der Waals surface area contributed by atoms with E-state index in [-0.39, 0.29) is 5.91 Å². The van der Waals surface area contributed by atoms with Gasteiger partial charge in [0.25, 0.3) is 5.91 Å². The molecule has 1 aliphatic rings. The normalized spacial score (nSPS) is 15.5. The highest BCUT2D eigenvalue weighted by Crippen LogP contribution is 2.17. The Hall–Kier alpha value is -2.83. The zero-order valence-electron chi connectivity index (χ0n) is 16.0. The third-order valence-electron chi connectivity index (χ3n) is 4.51. The van der Waals surface area contributed by atoms with Crippen LogP contribution in [0, 0.1) is 0 Å². The number of hydrogen-bond acceptors (Lipinski definition) is 3. The minimum atomic E-state index is -0.599. The molecule has 3 amide bonds. The van der Waals surface area contributed by atoms with Crippen LogP contribution in [0.25, 0.3) is 10.9 Å². The van der Waals surface area contributed by atoms with Crippen molar-refractivity contribution in [3.63, 3.8) is 0 Å². The molecule has 0 aliphatic carbocycles. The molecule has 0 saturated carbocycles. The Morgan fingerprint density at radius 2 is 1.67 bits per heavy atom. The third-order valence-corrected chi connectivity index (χ3v) is 4.51. The highest BCUT2D eigenvalue weighted by atomic mass is 16.2. The molecule has 1 aromatic heterocycles. The van der Waals surface area contributed by atoms with Crippen molar-refractivity contribution in [1.82, 2.24) is 20.1 Å². The number of nitrogens with one attached hydrogen (secondary N) is 2. The van der Waals surface area contributed by atoms with E-state index >= 15 is 0 Å². The number of hydrogen-bond donors (Lipinski definition) is 2. The predicted molar refractivity (Wildman–Crippen MR) is 103 cm³/mol. The summed E-state index contributed by atoms with van der Waals surface area (Å²) < 4.78 is 0. The summed E-state index contributed by atoms with van der Waals surface area (Å²) in [6, 6.07) is 9.60. The van der Waals surface area contributed by atoms with Crippen molar-refractivity contribution in [2.45, 2.75) is 32.7 Å². The van der Waals surface area contributed by atoms with Crippen LogP contribution in [-0.2, 0) is 9.59 Å². The molecule has 0 bridgehead atoms. The maximum absolute atomic E-state index is 12.8. The van der Waals surface area contributed by atoms with Gasteiger partial charge < -0.3 is 20.1 Å². The standard InChI is InChI=1S/C20H26N4O3/c1-20(2,3)22-17(25)19(27)24-10-6-9-23(11-12-24)18(26)16-13-14-7-4-5-8-15(14)21-16/h4-5,7-8,13,21H,6,9-12H2,1-3H3,(H,22,25). The van der Waals surface area contributed by atoms with Crippen LogP contribution in [0.2, 0.25) is 0 Å². The Labute approximate surface area is 158 Å². The SMILES string of the molecule is CC(C)(C)NC(=O)C(=O)N1CCCN(C(=O)c2cc3ccccc3[nH]2)CC1. The molecule has 7 heteroatoms. The molecule has 27 heavy (non-hydrogen) atoms. The van der Waals surface area contributed by atoms with Gasteiger partial charge in [-0.05, 0) is 39.3 Å². The fraction of sp³-hybridized carbons (Fsp3) is 0.450. The van der Waals surface area contributed by atoms with Gasteiger partial charge in [0.15, 0.2) is 0 Å². The van der Waals surface area contributed by atoms with Crippen molar-refractivity contribution in [2.24, 2.45) is 0 Å². The number of nitrogens with zero attached hydrogens (tertiary/aromatic N) is 2. The molecular weight excluding hydrogens is 344 g/mol. The quantitative estimate of drug-likeness (QED) is 0.750. The summed E-state index contributed by atoms with van der Waals surface area (Å²) in [5.74, 6) is -1.22. The molecule has 2 heterocycles. The van der Waals surface area contributed by atoms with Gasteiger partial charge in [0, 0.05) is 42.6 Å². The van der Waals surface area contributed by atoms with Gasteiger partial charge in [-0.1, -0.05) is 18.2 Å². The Morgan fingerprint density at radius 3 is 2.37 bits per heavy atom. The van der Waals surface area contributed by atoms with Crippen LogP contribution in [0.4, 0.5) is 0 Å². The number of aromatic amines is 1. The smallest absolute Gasteiger partial charge is 0.311 e. The second-order valence-electron chi connectivity index (χ2n) is 7.91. The van der Waals surface area contributed by atoms with Gasteiger partial charge in [-0.3, -0.25) is 14.4 Å². The minimum absolute atomic E-state index is 0.0837. The summed E-state index contributed by atoms with van der Waals surface area (Å²) in [7, 11) is 0. The fourth-order valence-corrected chi connectivity index (χ4v) is 3.22. The summed E-state index contributed by atoms with van der Waals surface area (Å²) in [4.78, 5) is 43.8. The number of rotatable bonds is 1. The van der Waals surface area contributed by atoms with Gasteiger partial charge in [0.1, 0.15) is 5.69 Å². The molecule has 2 N–H and O–H groups in total. The van der Waals surface area contributed by atoms with Crippen LogP contribution in [0.15, 0.2) is 30.3 Å². The number of para-hydroxylation sites is 1. The number of H-pyrrole nitrogens is 1. The lowest BCUT2D eigenvalue weighted by Gasteiger charge is -2.24. The molecular formula is C20H26N4O3. The van der Waals surface area contributed by atoms with Crippen molar-refractivity contribution >= 4 is 28.6 Å². The molecule has 3 rings (SSSR count). The predicted octanol–water partition coefficient (Wildman–Crippen LogP) is 1.76. The van der Waals surface area contributed by atoms with E-state index < -0.39 is 17.4 Å². The molecule has 1 aliphatic heterocycles. The summed E-state index contributed by atoms with van der Waals surface area (Å²) in [5.41, 5.74) is 1.00. The largest absolute Gasteiger partial charge is 0.351 e. The van der Waals surface area contributed by atoms with E-state index in [1.807, 2.05) is 51.1 Å². The van der Waals surface area contributed by atoms with Crippen LogP contribution in [0.3, 0.4) is 0 Å². The molecule has 2 aromatic rings. The molecule has 0 unspecified atom stereocenters. The average molecular weight is 370 g/mol. The molecule has 0 radical (unpaired) electrons. The third kappa shape index (κ3) is 4.48. The van der Waals surface area contributed by atoms with E-state index in [0.29, 0.717) is 38.3 Å². The molecule has 1 saturated heterocycles. The Balaban J connectivity index is 1.64. The molecule has 7 nitrogen and oxygen atoms in total. The highest BCUT2D eigenvalue weighted by molar-refractivity contribution is 6.35. The van der Waals surface area contributed by atoms with Crippen LogP contribution in [0.5, 0.6) is 0 Å². The van der Waals surface area contributed by atoms with Crippen LogP contribution < -0.4 is 5.32 Å². The van der Waals surface area contributed by atoms with E-state index in [0.717, 1.165) is 10.9 Å². The van der Waals surface area contributed by atoms with E-state index in [4.69, 9.17) is 0 Å². The summed E-state index contributed by atoms with van der Waals surface area (Å²) >= 11 is 0. The first-order valence-corrected chi connectivity index (χ1v) is 9.23. The fourth-order valence-electron chi connectivity index (χ4n) is 3.22. The maximum Gasteiger partial charge on any atom is 0.311 e. The number of fused-ring (bicyclic) bond motifs is 1. The summed E-state index contributed by atoms with van der Waals surface area (Å²) in [6.07, 6.45) is 0.639. The van der Waals surface area contributed by atoms with Crippen LogP contribution >= 0.6 is 0 Å². The first kappa shape index (κ1) is 18.9. The summed E-state index contributed by atoms with van der Waals surface area (Å²) in [6.45, 7) is 7.28. The van der Waals surface area contributed by atoms with E-state index in [1.54, 1.807) is 4.90 Å². The molecule has 144 valence electrons. The van der Waals surface area contributed by atoms with Gasteiger partial charge in [-0.2, -0.15) is 0 Å². The van der Waals surface area contributed by atoms with E-state index in [9.17, 15) is 14.4 Å². The number of carbonyl (C=O) groups is 3. The lowest BCUT2D eigenvalue weighted by atomic mass is 10.1. The van der Waals surface area contributed by atoms with Gasteiger partial charge in [-0.15, -0.1) is 0 Å². The number of aromatic nitrogens is 1. The van der Waals surface area contributed by atoms with Gasteiger partial charge in [-0.25, -0.2) is 0 Å². The number of benzene rings is 1. The number of carbonyl (C=O) groups excluding carboxylic acids is 3. The maximum atomic E-state index is 12.8. The highest BCUT2D eigenvalue weighted by Gasteiger charge is 2.28. The number of amides is 3. The van der Waals surface area contributed by atoms with Crippen molar-refractivity contribution in [3.8, 4) is 0 Å². The lowest BCUT2D eigenvalue weighted by Crippen LogP contribution is -2.50. The molecule has 0 spiro atoms. The van der Waals surface area contributed by atoms with Gasteiger partial charge in [0.2, 0.25) is 0 Å². The van der Waals surface area contributed by atoms with Crippen molar-refractivity contribution < 1.29 is 14.4 Å². The zero-order valence-corrected chi connectivity index (χ0v) is 16.0.